The molecule has 2 heterocycles. The number of rotatable bonds is 2. The molecule has 1 aromatic heterocycles. The number of nitrogens with two attached hydrogens (primary N) is 1. The van der Waals surface area contributed by atoms with Crippen LogP contribution in [-0.2, 0) is 11.8 Å². The normalized spacial score (nSPS) is 24.6. The zero-order valence-electron chi connectivity index (χ0n) is 10.1. The van der Waals surface area contributed by atoms with Gasteiger partial charge in [-0.1, -0.05) is 0 Å². The van der Waals surface area contributed by atoms with Crippen LogP contribution in [0.15, 0.2) is 6.20 Å². The average Bonchev–Trinajstić information content (AvgIpc) is 2.60. The molecule has 0 saturated carbocycles. The lowest BCUT2D eigenvalue weighted by atomic mass is 10.0. The van der Waals surface area contributed by atoms with E-state index in [1.54, 1.807) is 7.05 Å². The van der Waals surface area contributed by atoms with E-state index in [-0.39, 0.29) is 18.1 Å². The van der Waals surface area contributed by atoms with Crippen LogP contribution < -0.4 is 11.1 Å². The molecule has 17 heavy (non-hydrogen) atoms. The van der Waals surface area contributed by atoms with Crippen molar-refractivity contribution in [2.45, 2.75) is 31.9 Å². The second kappa shape index (κ2) is 4.75. The highest BCUT2D eigenvalue weighted by Crippen LogP contribution is 2.15. The third-order valence-corrected chi connectivity index (χ3v) is 3.05. The molecule has 0 radical (unpaired) electrons. The summed E-state index contributed by atoms with van der Waals surface area (Å²) in [5.41, 5.74) is 6.19. The lowest BCUT2D eigenvalue weighted by molar-refractivity contribution is 0.0137. The molecule has 2 unspecified atom stereocenters. The van der Waals surface area contributed by atoms with E-state index >= 15 is 0 Å². The molecule has 3 N–H and O–H groups in total. The molecule has 94 valence electrons. The molecule has 1 amide bonds. The SMILES string of the molecule is CC1CC(NC(=O)c2cnn(C)c2N)CCO1. The van der Waals surface area contributed by atoms with Crippen molar-refractivity contribution in [3.8, 4) is 0 Å². The number of ether oxygens (including phenoxy) is 1. The molecule has 0 spiro atoms. The third kappa shape index (κ3) is 2.58. The van der Waals surface area contributed by atoms with Crippen LogP contribution in [-0.4, -0.2) is 34.4 Å². The highest BCUT2D eigenvalue weighted by Gasteiger charge is 2.23. The highest BCUT2D eigenvalue weighted by molar-refractivity contribution is 5.98. The molecule has 1 aromatic rings. The summed E-state index contributed by atoms with van der Waals surface area (Å²) in [6, 6.07) is 0.158. The first-order chi connectivity index (χ1) is 8.08. The average molecular weight is 238 g/mol. The molecule has 0 bridgehead atoms. The quantitative estimate of drug-likeness (QED) is 0.776. The molecular formula is C11H18N4O2. The van der Waals surface area contributed by atoms with Gasteiger partial charge in [-0.25, -0.2) is 0 Å². The number of hydrogen-bond donors (Lipinski definition) is 2. The van der Waals surface area contributed by atoms with Gasteiger partial charge in [-0.05, 0) is 19.8 Å². The first kappa shape index (κ1) is 11.9. The van der Waals surface area contributed by atoms with E-state index in [1.165, 1.54) is 10.9 Å². The first-order valence-corrected chi connectivity index (χ1v) is 5.78. The number of carbonyl (C=O) groups is 1. The summed E-state index contributed by atoms with van der Waals surface area (Å²) in [6.07, 6.45) is 3.37. The highest BCUT2D eigenvalue weighted by atomic mass is 16.5. The molecule has 0 aromatic carbocycles. The number of nitrogens with zero attached hydrogens (tertiary/aromatic N) is 2. The summed E-state index contributed by atoms with van der Waals surface area (Å²) < 4.78 is 6.92. The summed E-state index contributed by atoms with van der Waals surface area (Å²) in [5, 5.41) is 6.92. The van der Waals surface area contributed by atoms with E-state index < -0.39 is 0 Å². The van der Waals surface area contributed by atoms with Crippen LogP contribution in [0.4, 0.5) is 5.82 Å². The van der Waals surface area contributed by atoms with Gasteiger partial charge in [0.15, 0.2) is 0 Å². The van der Waals surface area contributed by atoms with E-state index in [1.807, 2.05) is 6.92 Å². The topological polar surface area (TPSA) is 82.2 Å². The van der Waals surface area contributed by atoms with E-state index in [2.05, 4.69) is 10.4 Å². The van der Waals surface area contributed by atoms with Gasteiger partial charge in [0.05, 0.1) is 12.3 Å². The zero-order valence-corrected chi connectivity index (χ0v) is 10.1. The van der Waals surface area contributed by atoms with Gasteiger partial charge in [0, 0.05) is 19.7 Å². The molecule has 6 nitrogen and oxygen atoms in total. The Balaban J connectivity index is 1.99. The minimum Gasteiger partial charge on any atom is -0.383 e. The summed E-state index contributed by atoms with van der Waals surface area (Å²) in [5.74, 6) is 0.234. The number of aryl methyl sites for hydroxylation is 1. The van der Waals surface area contributed by atoms with Crippen molar-refractivity contribution in [1.82, 2.24) is 15.1 Å². The summed E-state index contributed by atoms with van der Waals surface area (Å²) in [4.78, 5) is 12.0. The molecular weight excluding hydrogens is 220 g/mol. The van der Waals surface area contributed by atoms with Crippen LogP contribution in [0.2, 0.25) is 0 Å². The smallest absolute Gasteiger partial charge is 0.256 e. The second-order valence-electron chi connectivity index (χ2n) is 4.44. The van der Waals surface area contributed by atoms with Gasteiger partial charge in [-0.2, -0.15) is 5.10 Å². The largest absolute Gasteiger partial charge is 0.383 e. The maximum Gasteiger partial charge on any atom is 0.256 e. The monoisotopic (exact) mass is 238 g/mol. The lowest BCUT2D eigenvalue weighted by Gasteiger charge is -2.27. The van der Waals surface area contributed by atoms with Gasteiger partial charge < -0.3 is 15.8 Å². The molecule has 1 aliphatic rings. The van der Waals surface area contributed by atoms with Gasteiger partial charge in [-0.3, -0.25) is 9.48 Å². The Labute approximate surface area is 100 Å². The third-order valence-electron chi connectivity index (χ3n) is 3.05. The Hall–Kier alpha value is -1.56. The summed E-state index contributed by atoms with van der Waals surface area (Å²) in [6.45, 7) is 2.70. The van der Waals surface area contributed by atoms with Crippen LogP contribution in [0.25, 0.3) is 0 Å². The van der Waals surface area contributed by atoms with Crippen molar-refractivity contribution < 1.29 is 9.53 Å². The van der Waals surface area contributed by atoms with Crippen LogP contribution in [0.3, 0.4) is 0 Å². The molecule has 1 fully saturated rings. The number of nitrogen functional groups attached to an aromatic ring is 1. The lowest BCUT2D eigenvalue weighted by Crippen LogP contribution is -2.41. The molecule has 2 rings (SSSR count). The van der Waals surface area contributed by atoms with Crippen LogP contribution in [0, 0.1) is 0 Å². The maximum atomic E-state index is 12.0. The minimum absolute atomic E-state index is 0.158. The Morgan fingerprint density at radius 1 is 1.71 bits per heavy atom. The fraction of sp³-hybridized carbons (Fsp3) is 0.636. The van der Waals surface area contributed by atoms with E-state index in [0.29, 0.717) is 18.0 Å². The Bertz CT molecular complexity index is 416. The maximum absolute atomic E-state index is 12.0. The Morgan fingerprint density at radius 2 is 2.47 bits per heavy atom. The summed E-state index contributed by atoms with van der Waals surface area (Å²) in [7, 11) is 1.71. The number of nitrogens with one attached hydrogen (secondary N) is 1. The minimum atomic E-state index is -0.158. The van der Waals surface area contributed by atoms with Crippen LogP contribution >= 0.6 is 0 Å². The van der Waals surface area contributed by atoms with Gasteiger partial charge in [0.25, 0.3) is 5.91 Å². The second-order valence-corrected chi connectivity index (χ2v) is 4.44. The molecule has 0 aliphatic carbocycles. The standard InChI is InChI=1S/C11H18N4O2/c1-7-5-8(3-4-17-7)14-11(16)9-6-13-15(2)10(9)12/h6-8H,3-5,12H2,1-2H3,(H,14,16). The fourth-order valence-electron chi connectivity index (χ4n) is 2.01. The van der Waals surface area contributed by atoms with Crippen molar-refractivity contribution in [1.29, 1.82) is 0 Å². The van der Waals surface area contributed by atoms with Crippen molar-refractivity contribution in [3.05, 3.63) is 11.8 Å². The van der Waals surface area contributed by atoms with Crippen molar-refractivity contribution >= 4 is 11.7 Å². The molecule has 1 aliphatic heterocycles. The molecule has 1 saturated heterocycles. The molecule has 6 heteroatoms. The van der Waals surface area contributed by atoms with Gasteiger partial charge in [-0.15, -0.1) is 0 Å². The zero-order chi connectivity index (χ0) is 12.4. The number of carbonyl (C=O) groups excluding carboxylic acids is 1. The number of amides is 1. The van der Waals surface area contributed by atoms with Crippen molar-refractivity contribution in [2.75, 3.05) is 12.3 Å². The first-order valence-electron chi connectivity index (χ1n) is 5.78. The van der Waals surface area contributed by atoms with E-state index in [9.17, 15) is 4.79 Å². The predicted octanol–water partition coefficient (Wildman–Crippen LogP) is 0.300. The number of hydrogen-bond acceptors (Lipinski definition) is 4. The Kier molecular flexibility index (Phi) is 3.33. The van der Waals surface area contributed by atoms with Crippen LogP contribution in [0.1, 0.15) is 30.1 Å². The Morgan fingerprint density at radius 3 is 3.06 bits per heavy atom. The van der Waals surface area contributed by atoms with Gasteiger partial charge in [0.2, 0.25) is 0 Å². The van der Waals surface area contributed by atoms with Crippen LogP contribution in [0.5, 0.6) is 0 Å². The molecule has 2 atom stereocenters. The van der Waals surface area contributed by atoms with E-state index in [4.69, 9.17) is 10.5 Å². The number of anilines is 1. The predicted molar refractivity (Wildman–Crippen MR) is 63.5 cm³/mol. The van der Waals surface area contributed by atoms with E-state index in [0.717, 1.165) is 12.8 Å². The van der Waals surface area contributed by atoms with Gasteiger partial charge >= 0.3 is 0 Å². The van der Waals surface area contributed by atoms with Crippen molar-refractivity contribution in [3.63, 3.8) is 0 Å². The fourth-order valence-corrected chi connectivity index (χ4v) is 2.01. The summed E-state index contributed by atoms with van der Waals surface area (Å²) >= 11 is 0. The van der Waals surface area contributed by atoms with Gasteiger partial charge in [0.1, 0.15) is 11.4 Å². The van der Waals surface area contributed by atoms with Crippen molar-refractivity contribution in [2.24, 2.45) is 7.05 Å². The number of aromatic nitrogens is 2.